The molecule has 4 saturated heterocycles. The number of aromatic nitrogens is 2. The van der Waals surface area contributed by atoms with Crippen LogP contribution in [-0.2, 0) is 0 Å². The van der Waals surface area contributed by atoms with Crippen LogP contribution >= 0.6 is 0 Å². The number of piperidine rings is 3. The molecule has 0 radical (unpaired) electrons. The van der Waals surface area contributed by atoms with E-state index in [1.165, 1.54) is 12.4 Å². The molecule has 5 heterocycles. The zero-order chi connectivity index (χ0) is 18.5. The van der Waals surface area contributed by atoms with Gasteiger partial charge in [-0.05, 0) is 43.5 Å². The molecule has 0 amide bonds. The summed E-state index contributed by atoms with van der Waals surface area (Å²) >= 11 is 0. The van der Waals surface area contributed by atoms with Gasteiger partial charge in [0.05, 0.1) is 7.11 Å². The molecule has 0 N–H and O–H groups in total. The van der Waals surface area contributed by atoms with Gasteiger partial charge >= 0.3 is 0 Å². The summed E-state index contributed by atoms with van der Waals surface area (Å²) in [5.74, 6) is 0.272. The minimum Gasteiger partial charge on any atom is -0.481 e. The van der Waals surface area contributed by atoms with Crippen molar-refractivity contribution in [1.29, 1.82) is 0 Å². The van der Waals surface area contributed by atoms with Crippen LogP contribution in [0.4, 0.5) is 14.6 Å². The molecule has 0 aliphatic carbocycles. The zero-order valence-electron chi connectivity index (χ0n) is 15.2. The van der Waals surface area contributed by atoms with Crippen LogP contribution < -0.4 is 9.64 Å². The number of hydrogen-bond donors (Lipinski definition) is 0. The second-order valence-electron chi connectivity index (χ2n) is 7.68. The topological polar surface area (TPSA) is 41.5 Å². The molecule has 4 aliphatic heterocycles. The number of fused-ring (bicyclic) bond motifs is 2. The van der Waals surface area contributed by atoms with Gasteiger partial charge in [-0.15, -0.1) is 0 Å². The Bertz CT molecular complexity index is 856. The van der Waals surface area contributed by atoms with Gasteiger partial charge in [-0.3, -0.25) is 4.90 Å². The molecule has 1 aromatic carbocycles. The average Bonchev–Trinajstić information content (AvgIpc) is 3.14. The smallest absolute Gasteiger partial charge is 0.218 e. The molecule has 27 heavy (non-hydrogen) atoms. The van der Waals surface area contributed by atoms with Crippen molar-refractivity contribution in [2.75, 3.05) is 31.6 Å². The molecule has 0 unspecified atom stereocenters. The van der Waals surface area contributed by atoms with E-state index in [0.717, 1.165) is 31.7 Å². The Balaban J connectivity index is 1.58. The van der Waals surface area contributed by atoms with Gasteiger partial charge in [-0.1, -0.05) is 12.1 Å². The van der Waals surface area contributed by atoms with E-state index in [-0.39, 0.29) is 18.0 Å². The van der Waals surface area contributed by atoms with Crippen molar-refractivity contribution in [3.63, 3.8) is 0 Å². The van der Waals surface area contributed by atoms with E-state index in [0.29, 0.717) is 23.9 Å². The van der Waals surface area contributed by atoms with Crippen molar-refractivity contribution < 1.29 is 13.5 Å². The molecule has 5 nitrogen and oxygen atoms in total. The summed E-state index contributed by atoms with van der Waals surface area (Å²) in [6, 6.07) is 6.78. The van der Waals surface area contributed by atoms with E-state index in [2.05, 4.69) is 19.8 Å². The van der Waals surface area contributed by atoms with Crippen LogP contribution in [0.2, 0.25) is 0 Å². The molecule has 4 aliphatic rings. The summed E-state index contributed by atoms with van der Waals surface area (Å²) in [7, 11) is 1.58. The Morgan fingerprint density at radius 3 is 2.70 bits per heavy atom. The van der Waals surface area contributed by atoms with Gasteiger partial charge in [0.25, 0.3) is 0 Å². The molecule has 2 bridgehead atoms. The van der Waals surface area contributed by atoms with E-state index in [9.17, 15) is 8.78 Å². The third kappa shape index (κ3) is 2.59. The molecular formula is C20H22F2N4O. The van der Waals surface area contributed by atoms with Gasteiger partial charge in [0, 0.05) is 30.6 Å². The van der Waals surface area contributed by atoms with Crippen LogP contribution in [0.5, 0.6) is 5.88 Å². The molecule has 1 aromatic heterocycles. The number of hydrogen-bond acceptors (Lipinski definition) is 5. The van der Waals surface area contributed by atoms with Crippen LogP contribution in [0.3, 0.4) is 0 Å². The SMILES string of the molecule is COc1cc(N2C[C@H](c3cccc(F)c3F)[C@H]3[C@@H]2C2CCN3CC2)ncn1. The lowest BCUT2D eigenvalue weighted by Gasteiger charge is -2.51. The van der Waals surface area contributed by atoms with Gasteiger partial charge in [-0.25, -0.2) is 18.7 Å². The molecule has 6 rings (SSSR count). The highest BCUT2D eigenvalue weighted by atomic mass is 19.2. The Morgan fingerprint density at radius 2 is 1.93 bits per heavy atom. The Morgan fingerprint density at radius 1 is 1.11 bits per heavy atom. The number of ether oxygens (including phenoxy) is 1. The fourth-order valence-electron chi connectivity index (χ4n) is 5.36. The van der Waals surface area contributed by atoms with Crippen molar-refractivity contribution in [2.24, 2.45) is 5.92 Å². The van der Waals surface area contributed by atoms with E-state index < -0.39 is 11.6 Å². The van der Waals surface area contributed by atoms with Crippen molar-refractivity contribution >= 4 is 5.82 Å². The maximum atomic E-state index is 14.6. The summed E-state index contributed by atoms with van der Waals surface area (Å²) in [5, 5.41) is 0. The summed E-state index contributed by atoms with van der Waals surface area (Å²) in [6.07, 6.45) is 3.77. The normalized spacial score (nSPS) is 31.8. The molecule has 0 spiro atoms. The third-order valence-corrected chi connectivity index (χ3v) is 6.51. The van der Waals surface area contributed by atoms with Gasteiger partial charge in [0.15, 0.2) is 11.6 Å². The first kappa shape index (κ1) is 16.9. The first-order valence-electron chi connectivity index (χ1n) is 9.48. The first-order valence-corrected chi connectivity index (χ1v) is 9.48. The minimum absolute atomic E-state index is 0.0882. The summed E-state index contributed by atoms with van der Waals surface area (Å²) in [4.78, 5) is 13.3. The van der Waals surface area contributed by atoms with Crippen LogP contribution in [0.1, 0.15) is 24.3 Å². The highest BCUT2D eigenvalue weighted by molar-refractivity contribution is 5.48. The number of nitrogens with zero attached hydrogens (tertiary/aromatic N) is 4. The molecule has 0 saturated carbocycles. The second-order valence-corrected chi connectivity index (χ2v) is 7.68. The lowest BCUT2D eigenvalue weighted by atomic mass is 9.75. The van der Waals surface area contributed by atoms with Crippen molar-refractivity contribution in [2.45, 2.75) is 30.8 Å². The monoisotopic (exact) mass is 372 g/mol. The van der Waals surface area contributed by atoms with E-state index in [1.807, 2.05) is 6.07 Å². The van der Waals surface area contributed by atoms with E-state index in [4.69, 9.17) is 4.74 Å². The third-order valence-electron chi connectivity index (χ3n) is 6.51. The molecular weight excluding hydrogens is 350 g/mol. The Kier molecular flexibility index (Phi) is 4.00. The summed E-state index contributed by atoms with van der Waals surface area (Å²) in [6.45, 7) is 2.67. The summed E-state index contributed by atoms with van der Waals surface area (Å²) < 4.78 is 33.8. The van der Waals surface area contributed by atoms with Crippen LogP contribution in [0, 0.1) is 17.6 Å². The first-order chi connectivity index (χ1) is 13.2. The summed E-state index contributed by atoms with van der Waals surface area (Å²) in [5.41, 5.74) is 0.473. The quantitative estimate of drug-likeness (QED) is 0.829. The number of benzene rings is 1. The molecule has 4 fully saturated rings. The highest BCUT2D eigenvalue weighted by Crippen LogP contribution is 2.48. The van der Waals surface area contributed by atoms with Crippen LogP contribution in [-0.4, -0.2) is 53.7 Å². The highest BCUT2D eigenvalue weighted by Gasteiger charge is 2.54. The van der Waals surface area contributed by atoms with Crippen LogP contribution in [0.25, 0.3) is 0 Å². The number of halogens is 2. The molecule has 7 heteroatoms. The lowest BCUT2D eigenvalue weighted by Crippen LogP contribution is -2.60. The van der Waals surface area contributed by atoms with Gasteiger partial charge in [0.1, 0.15) is 12.1 Å². The van der Waals surface area contributed by atoms with Gasteiger partial charge in [-0.2, -0.15) is 0 Å². The van der Waals surface area contributed by atoms with Gasteiger partial charge < -0.3 is 9.64 Å². The second kappa shape index (κ2) is 6.41. The standard InChI is InChI=1S/C20H22F2N4O/c1-27-17-9-16(23-11-24-17)26-10-14(13-3-2-4-15(21)18(13)22)20-19(26)12-5-7-25(20)8-6-12/h2-4,9,11-12,14,19-20H,5-8,10H2,1H3/t14-,19+,20+/m1/s1. The minimum atomic E-state index is -0.776. The molecule has 3 atom stereocenters. The fourth-order valence-corrected chi connectivity index (χ4v) is 5.36. The average molecular weight is 372 g/mol. The number of anilines is 1. The molecule has 2 aromatic rings. The Hall–Kier alpha value is -2.28. The predicted octanol–water partition coefficient (Wildman–Crippen LogP) is 2.83. The maximum Gasteiger partial charge on any atom is 0.218 e. The predicted molar refractivity (Wildman–Crippen MR) is 96.9 cm³/mol. The number of methoxy groups -OCH3 is 1. The van der Waals surface area contributed by atoms with Crippen molar-refractivity contribution in [3.8, 4) is 5.88 Å². The van der Waals surface area contributed by atoms with Crippen LogP contribution in [0.15, 0.2) is 30.6 Å². The van der Waals surface area contributed by atoms with E-state index in [1.54, 1.807) is 19.2 Å². The van der Waals surface area contributed by atoms with E-state index >= 15 is 0 Å². The lowest BCUT2D eigenvalue weighted by molar-refractivity contribution is 0.0349. The molecule has 142 valence electrons. The Labute approximate surface area is 157 Å². The van der Waals surface area contributed by atoms with Crippen molar-refractivity contribution in [3.05, 3.63) is 47.8 Å². The fraction of sp³-hybridized carbons (Fsp3) is 0.500. The van der Waals surface area contributed by atoms with Gasteiger partial charge in [0.2, 0.25) is 5.88 Å². The maximum absolute atomic E-state index is 14.6. The van der Waals surface area contributed by atoms with Crippen molar-refractivity contribution in [1.82, 2.24) is 14.9 Å². The zero-order valence-corrected chi connectivity index (χ0v) is 15.2. The largest absolute Gasteiger partial charge is 0.481 e. The number of rotatable bonds is 3.